The largest absolute Gasteiger partial charge is 0.338 e. The molecule has 0 spiro atoms. The van der Waals surface area contributed by atoms with Crippen LogP contribution in [0.1, 0.15) is 30.6 Å². The number of rotatable bonds is 6. The quantitative estimate of drug-likeness (QED) is 0.752. The lowest BCUT2D eigenvalue weighted by molar-refractivity contribution is 0.163. The Balaban J connectivity index is 1.63. The van der Waals surface area contributed by atoms with Crippen LogP contribution >= 0.6 is 0 Å². The van der Waals surface area contributed by atoms with Crippen molar-refractivity contribution >= 4 is 10.0 Å². The Morgan fingerprint density at radius 3 is 2.65 bits per heavy atom. The summed E-state index contributed by atoms with van der Waals surface area (Å²) in [6, 6.07) is 8.24. The summed E-state index contributed by atoms with van der Waals surface area (Å²) in [7, 11) is -3.67. The fourth-order valence-electron chi connectivity index (χ4n) is 2.92. The maximum atomic E-state index is 12.8. The average molecular weight is 375 g/mol. The standard InChI is InChI=1S/C17H21N5O3S/c1-2-5-16-19-17(25-20-16)13-21-8-10-22(11-9-21)26(23,24)15-7-4-3-6-14(15)12-18/h3-4,6-7H,2,5,8-11,13H2,1H3. The van der Waals surface area contributed by atoms with E-state index in [0.717, 1.165) is 12.8 Å². The molecular weight excluding hydrogens is 354 g/mol. The van der Waals surface area contributed by atoms with Gasteiger partial charge in [0.25, 0.3) is 0 Å². The Hall–Kier alpha value is -2.28. The summed E-state index contributed by atoms with van der Waals surface area (Å²) >= 11 is 0. The molecule has 1 aromatic carbocycles. The smallest absolute Gasteiger partial charge is 0.244 e. The van der Waals surface area contributed by atoms with E-state index >= 15 is 0 Å². The topological polar surface area (TPSA) is 103 Å². The molecule has 0 N–H and O–H groups in total. The molecule has 8 nitrogen and oxygen atoms in total. The first kappa shape index (κ1) is 18.5. The van der Waals surface area contributed by atoms with E-state index in [-0.39, 0.29) is 10.5 Å². The highest BCUT2D eigenvalue weighted by atomic mass is 32.2. The average Bonchev–Trinajstić information content (AvgIpc) is 3.09. The molecule has 3 rings (SSSR count). The summed E-state index contributed by atoms with van der Waals surface area (Å²) < 4.78 is 32.3. The van der Waals surface area contributed by atoms with Gasteiger partial charge in [-0.15, -0.1) is 0 Å². The van der Waals surface area contributed by atoms with Gasteiger partial charge in [-0.05, 0) is 18.6 Å². The monoisotopic (exact) mass is 375 g/mol. The van der Waals surface area contributed by atoms with Crippen LogP contribution in [0.2, 0.25) is 0 Å². The van der Waals surface area contributed by atoms with Gasteiger partial charge in [-0.1, -0.05) is 24.2 Å². The third-order valence-corrected chi connectivity index (χ3v) is 6.26. The molecule has 138 valence electrons. The lowest BCUT2D eigenvalue weighted by atomic mass is 10.2. The van der Waals surface area contributed by atoms with Crippen LogP contribution in [-0.2, 0) is 23.0 Å². The Labute approximate surface area is 153 Å². The minimum atomic E-state index is -3.67. The Bertz CT molecular complexity index is 895. The molecule has 0 saturated carbocycles. The van der Waals surface area contributed by atoms with Crippen molar-refractivity contribution in [1.29, 1.82) is 5.26 Å². The first-order valence-corrected chi connectivity index (χ1v) is 10.0. The summed E-state index contributed by atoms with van der Waals surface area (Å²) in [5, 5.41) is 13.1. The van der Waals surface area contributed by atoms with E-state index in [1.54, 1.807) is 12.1 Å². The lowest BCUT2D eigenvalue weighted by Crippen LogP contribution is -2.48. The third-order valence-electron chi connectivity index (χ3n) is 4.30. The molecule has 1 fully saturated rings. The van der Waals surface area contributed by atoms with Crippen molar-refractivity contribution in [1.82, 2.24) is 19.3 Å². The molecule has 0 radical (unpaired) electrons. The number of piperazine rings is 1. The van der Waals surface area contributed by atoms with Gasteiger partial charge in [0.1, 0.15) is 6.07 Å². The molecule has 9 heteroatoms. The van der Waals surface area contributed by atoms with Gasteiger partial charge in [-0.25, -0.2) is 8.42 Å². The molecule has 1 aliphatic heterocycles. The summed E-state index contributed by atoms with van der Waals surface area (Å²) in [5.41, 5.74) is 0.171. The number of nitrogens with zero attached hydrogens (tertiary/aromatic N) is 5. The number of sulfonamides is 1. The van der Waals surface area contributed by atoms with Crippen molar-refractivity contribution in [2.75, 3.05) is 26.2 Å². The van der Waals surface area contributed by atoms with Crippen LogP contribution in [0.4, 0.5) is 0 Å². The Kier molecular flexibility index (Phi) is 5.66. The number of aromatic nitrogens is 2. The van der Waals surface area contributed by atoms with E-state index in [9.17, 15) is 8.42 Å². The molecule has 2 aromatic rings. The van der Waals surface area contributed by atoms with Crippen LogP contribution in [0.25, 0.3) is 0 Å². The van der Waals surface area contributed by atoms with Crippen LogP contribution in [0.3, 0.4) is 0 Å². The third kappa shape index (κ3) is 3.93. The van der Waals surface area contributed by atoms with Gasteiger partial charge in [-0.2, -0.15) is 14.6 Å². The first-order chi connectivity index (χ1) is 12.5. The summed E-state index contributed by atoms with van der Waals surface area (Å²) in [6.45, 7) is 4.43. The fourth-order valence-corrected chi connectivity index (χ4v) is 4.49. The van der Waals surface area contributed by atoms with Crippen LogP contribution in [0.15, 0.2) is 33.7 Å². The van der Waals surface area contributed by atoms with Gasteiger partial charge in [0.15, 0.2) is 5.82 Å². The van der Waals surface area contributed by atoms with E-state index < -0.39 is 10.0 Å². The maximum absolute atomic E-state index is 12.8. The molecule has 26 heavy (non-hydrogen) atoms. The summed E-state index contributed by atoms with van der Waals surface area (Å²) in [5.74, 6) is 1.26. The van der Waals surface area contributed by atoms with Crippen LogP contribution in [0.5, 0.6) is 0 Å². The molecule has 0 unspecified atom stereocenters. The SMILES string of the molecule is CCCc1noc(CN2CCN(S(=O)(=O)c3ccccc3C#N)CC2)n1. The van der Waals surface area contributed by atoms with Crippen molar-refractivity contribution in [2.24, 2.45) is 0 Å². The van der Waals surface area contributed by atoms with E-state index in [4.69, 9.17) is 9.78 Å². The summed E-state index contributed by atoms with van der Waals surface area (Å²) in [6.07, 6.45) is 1.74. The van der Waals surface area contributed by atoms with E-state index in [0.29, 0.717) is 44.4 Å². The number of hydrogen-bond donors (Lipinski definition) is 0. The van der Waals surface area contributed by atoms with Gasteiger partial charge in [0, 0.05) is 32.6 Å². The molecule has 1 aliphatic rings. The number of hydrogen-bond acceptors (Lipinski definition) is 7. The zero-order valence-corrected chi connectivity index (χ0v) is 15.4. The van der Waals surface area contributed by atoms with Crippen molar-refractivity contribution < 1.29 is 12.9 Å². The molecule has 0 aliphatic carbocycles. The molecule has 1 saturated heterocycles. The molecule has 0 amide bonds. The van der Waals surface area contributed by atoms with E-state index in [1.165, 1.54) is 16.4 Å². The van der Waals surface area contributed by atoms with Crippen molar-refractivity contribution in [2.45, 2.75) is 31.2 Å². The lowest BCUT2D eigenvalue weighted by Gasteiger charge is -2.33. The van der Waals surface area contributed by atoms with Gasteiger partial charge in [0.2, 0.25) is 15.9 Å². The molecule has 0 bridgehead atoms. The van der Waals surface area contributed by atoms with E-state index in [2.05, 4.69) is 22.0 Å². The zero-order valence-electron chi connectivity index (χ0n) is 14.6. The number of aryl methyl sites for hydroxylation is 1. The Morgan fingerprint density at radius 1 is 1.23 bits per heavy atom. The van der Waals surface area contributed by atoms with E-state index in [1.807, 2.05) is 6.07 Å². The first-order valence-electron chi connectivity index (χ1n) is 8.57. The number of benzene rings is 1. The van der Waals surface area contributed by atoms with Crippen molar-refractivity contribution in [3.63, 3.8) is 0 Å². The predicted octanol–water partition coefficient (Wildman–Crippen LogP) is 1.40. The van der Waals surface area contributed by atoms with Crippen LogP contribution in [-0.4, -0.2) is 53.9 Å². The van der Waals surface area contributed by atoms with Gasteiger partial charge >= 0.3 is 0 Å². The second kappa shape index (κ2) is 7.95. The zero-order chi connectivity index (χ0) is 18.6. The molecule has 1 aromatic heterocycles. The summed E-state index contributed by atoms with van der Waals surface area (Å²) in [4.78, 5) is 6.50. The van der Waals surface area contributed by atoms with Gasteiger partial charge < -0.3 is 4.52 Å². The minimum Gasteiger partial charge on any atom is -0.338 e. The molecule has 2 heterocycles. The highest BCUT2D eigenvalue weighted by Gasteiger charge is 2.30. The van der Waals surface area contributed by atoms with Crippen LogP contribution < -0.4 is 0 Å². The van der Waals surface area contributed by atoms with Crippen molar-refractivity contribution in [3.05, 3.63) is 41.5 Å². The highest BCUT2D eigenvalue weighted by Crippen LogP contribution is 2.21. The van der Waals surface area contributed by atoms with Crippen LogP contribution in [0, 0.1) is 11.3 Å². The number of nitriles is 1. The van der Waals surface area contributed by atoms with Gasteiger partial charge in [0.05, 0.1) is 17.0 Å². The minimum absolute atomic E-state index is 0.0667. The highest BCUT2D eigenvalue weighted by molar-refractivity contribution is 7.89. The second-order valence-electron chi connectivity index (χ2n) is 6.14. The Morgan fingerprint density at radius 2 is 1.96 bits per heavy atom. The molecule has 0 atom stereocenters. The van der Waals surface area contributed by atoms with Gasteiger partial charge in [-0.3, -0.25) is 4.90 Å². The van der Waals surface area contributed by atoms with Crippen molar-refractivity contribution in [3.8, 4) is 6.07 Å². The molecular formula is C17H21N5O3S. The maximum Gasteiger partial charge on any atom is 0.244 e. The second-order valence-corrected chi connectivity index (χ2v) is 8.05. The predicted molar refractivity (Wildman–Crippen MR) is 93.5 cm³/mol. The fraction of sp³-hybridized carbons (Fsp3) is 0.471. The normalized spacial score (nSPS) is 16.5.